The van der Waals surface area contributed by atoms with E-state index in [0.717, 1.165) is 44.9 Å². The highest BCUT2D eigenvalue weighted by Crippen LogP contribution is 2.18. The molecule has 9 heteroatoms. The fourth-order valence-corrected chi connectivity index (χ4v) is 7.28. The van der Waals surface area contributed by atoms with Crippen molar-refractivity contribution >= 4 is 18.0 Å². The van der Waals surface area contributed by atoms with E-state index in [1.54, 1.807) is 0 Å². The SMILES string of the molecule is CCCCCCCCCCCCCCCCCC(=O)OCC(COC(=O)NCCOC(C)(C)CCOC(C)(C)C)OC(=O)CCCCCCCCCCCCCCCCC. The molecule has 0 fully saturated rings. The van der Waals surface area contributed by atoms with E-state index < -0.39 is 17.8 Å². The molecule has 1 N–H and O–H groups in total. The van der Waals surface area contributed by atoms with Gasteiger partial charge in [-0.25, -0.2) is 4.79 Å². The van der Waals surface area contributed by atoms with E-state index in [0.29, 0.717) is 26.1 Å². The predicted molar refractivity (Wildman–Crippen MR) is 250 cm³/mol. The van der Waals surface area contributed by atoms with Crippen molar-refractivity contribution in [3.8, 4) is 0 Å². The van der Waals surface area contributed by atoms with Gasteiger partial charge in [0.15, 0.2) is 6.10 Å². The molecule has 0 heterocycles. The number of carbonyl (C=O) groups excluding carboxylic acids is 3. The zero-order valence-electron chi connectivity index (χ0n) is 40.7. The summed E-state index contributed by atoms with van der Waals surface area (Å²) in [5, 5.41) is 2.70. The third-order valence-corrected chi connectivity index (χ3v) is 11.2. The Bertz CT molecular complexity index is 981. The normalized spacial score (nSPS) is 12.4. The van der Waals surface area contributed by atoms with Crippen LogP contribution in [0.2, 0.25) is 0 Å². The van der Waals surface area contributed by atoms with Crippen molar-refractivity contribution in [3.63, 3.8) is 0 Å². The van der Waals surface area contributed by atoms with Crippen LogP contribution in [-0.4, -0.2) is 68.3 Å². The highest BCUT2D eigenvalue weighted by molar-refractivity contribution is 5.70. The molecule has 1 amide bonds. The summed E-state index contributed by atoms with van der Waals surface area (Å²) in [5.74, 6) is -0.673. The average molecular weight is 854 g/mol. The summed E-state index contributed by atoms with van der Waals surface area (Å²) in [6.07, 6.45) is 37.7. The molecule has 0 radical (unpaired) electrons. The highest BCUT2D eigenvalue weighted by atomic mass is 16.6. The van der Waals surface area contributed by atoms with Gasteiger partial charge in [-0.2, -0.15) is 0 Å². The molecule has 0 aromatic heterocycles. The topological polar surface area (TPSA) is 109 Å². The lowest BCUT2D eigenvalue weighted by molar-refractivity contribution is -0.161. The Morgan fingerprint density at radius 2 is 0.817 bits per heavy atom. The van der Waals surface area contributed by atoms with E-state index in [1.807, 2.05) is 34.6 Å². The first-order valence-corrected chi connectivity index (χ1v) is 25.4. The monoisotopic (exact) mass is 854 g/mol. The Kier molecular flexibility index (Phi) is 39.9. The van der Waals surface area contributed by atoms with E-state index in [9.17, 15) is 14.4 Å². The average Bonchev–Trinajstić information content (AvgIpc) is 3.19. The third kappa shape index (κ3) is 44.2. The summed E-state index contributed by atoms with van der Waals surface area (Å²) < 4.78 is 28.4. The number of ether oxygens (including phenoxy) is 5. The van der Waals surface area contributed by atoms with Crippen LogP contribution in [0.5, 0.6) is 0 Å². The number of hydrogen-bond acceptors (Lipinski definition) is 8. The van der Waals surface area contributed by atoms with Crippen LogP contribution >= 0.6 is 0 Å². The van der Waals surface area contributed by atoms with E-state index in [-0.39, 0.29) is 37.3 Å². The zero-order valence-corrected chi connectivity index (χ0v) is 40.7. The number of hydrogen-bond donors (Lipinski definition) is 1. The van der Waals surface area contributed by atoms with Crippen molar-refractivity contribution in [2.45, 2.75) is 278 Å². The van der Waals surface area contributed by atoms with Crippen LogP contribution in [0.4, 0.5) is 4.79 Å². The standard InChI is InChI=1S/C51H99NO8/c1-8-10-12-14-16-18-20-22-24-26-28-30-32-34-36-38-47(53)56-44-46(45-57-49(55)52-41-43-59-51(6,7)40-42-58-50(3,4)5)60-48(54)39-37-35-33-31-29-27-25-23-21-19-17-15-13-11-9-2/h46H,8-45H2,1-7H3,(H,52,55). The van der Waals surface area contributed by atoms with Crippen molar-refractivity contribution in [2.24, 2.45) is 0 Å². The first-order chi connectivity index (χ1) is 28.9. The van der Waals surface area contributed by atoms with Gasteiger partial charge in [0.2, 0.25) is 0 Å². The molecule has 0 saturated heterocycles. The molecule has 1 unspecified atom stereocenters. The van der Waals surface area contributed by atoms with E-state index in [1.165, 1.54) is 154 Å². The summed E-state index contributed by atoms with van der Waals surface area (Å²) >= 11 is 0. The Hall–Kier alpha value is -1.87. The second-order valence-corrected chi connectivity index (χ2v) is 19.0. The van der Waals surface area contributed by atoms with E-state index >= 15 is 0 Å². The van der Waals surface area contributed by atoms with Crippen LogP contribution < -0.4 is 5.32 Å². The van der Waals surface area contributed by atoms with Gasteiger partial charge >= 0.3 is 18.0 Å². The minimum absolute atomic E-state index is 0.136. The first kappa shape index (κ1) is 58.1. The number of carbonyl (C=O) groups is 3. The molecule has 0 rings (SSSR count). The van der Waals surface area contributed by atoms with Crippen LogP contribution in [-0.2, 0) is 33.3 Å². The largest absolute Gasteiger partial charge is 0.462 e. The molecule has 0 saturated carbocycles. The molecule has 0 aromatic carbocycles. The highest BCUT2D eigenvalue weighted by Gasteiger charge is 2.22. The number of esters is 2. The van der Waals surface area contributed by atoms with Crippen molar-refractivity contribution in [2.75, 3.05) is 33.0 Å². The van der Waals surface area contributed by atoms with Crippen molar-refractivity contribution in [3.05, 3.63) is 0 Å². The summed E-state index contributed by atoms with van der Waals surface area (Å²) in [6.45, 7) is 15.4. The number of nitrogens with one attached hydrogen (secondary N) is 1. The van der Waals surface area contributed by atoms with Gasteiger partial charge in [-0.05, 0) is 53.9 Å². The Labute approximate surface area is 371 Å². The molecule has 0 bridgehead atoms. The van der Waals surface area contributed by atoms with Crippen molar-refractivity contribution in [1.82, 2.24) is 5.32 Å². The number of amides is 1. The van der Waals surface area contributed by atoms with Gasteiger partial charge < -0.3 is 29.0 Å². The van der Waals surface area contributed by atoms with Gasteiger partial charge in [0.25, 0.3) is 0 Å². The molecular formula is C51H99NO8. The number of alkyl carbamates (subject to hydrolysis) is 1. The van der Waals surface area contributed by atoms with Gasteiger partial charge in [0.05, 0.1) is 17.8 Å². The van der Waals surface area contributed by atoms with Gasteiger partial charge in [-0.1, -0.05) is 194 Å². The maximum Gasteiger partial charge on any atom is 0.407 e. The quantitative estimate of drug-likeness (QED) is 0.0367. The summed E-state index contributed by atoms with van der Waals surface area (Å²) in [4.78, 5) is 37.9. The van der Waals surface area contributed by atoms with Crippen LogP contribution in [0.1, 0.15) is 260 Å². The van der Waals surface area contributed by atoms with E-state index in [2.05, 4.69) is 19.2 Å². The van der Waals surface area contributed by atoms with Gasteiger partial charge in [-0.15, -0.1) is 0 Å². The van der Waals surface area contributed by atoms with Crippen molar-refractivity contribution < 1.29 is 38.1 Å². The third-order valence-electron chi connectivity index (χ3n) is 11.2. The van der Waals surface area contributed by atoms with Gasteiger partial charge in [-0.3, -0.25) is 9.59 Å². The Morgan fingerprint density at radius 3 is 1.22 bits per heavy atom. The second kappa shape index (κ2) is 41.2. The van der Waals surface area contributed by atoms with Crippen LogP contribution in [0.3, 0.4) is 0 Å². The number of rotatable bonds is 44. The fourth-order valence-electron chi connectivity index (χ4n) is 7.28. The van der Waals surface area contributed by atoms with Crippen LogP contribution in [0, 0.1) is 0 Å². The van der Waals surface area contributed by atoms with Gasteiger partial charge in [0.1, 0.15) is 13.2 Å². The molecule has 9 nitrogen and oxygen atoms in total. The number of unbranched alkanes of at least 4 members (excludes halogenated alkanes) is 28. The molecule has 0 aromatic rings. The lowest BCUT2D eigenvalue weighted by atomic mass is 10.0. The Balaban J connectivity index is 4.44. The lowest BCUT2D eigenvalue weighted by Crippen LogP contribution is -2.36. The zero-order chi connectivity index (χ0) is 44.4. The Morgan fingerprint density at radius 1 is 0.450 bits per heavy atom. The van der Waals surface area contributed by atoms with E-state index in [4.69, 9.17) is 23.7 Å². The molecule has 60 heavy (non-hydrogen) atoms. The molecule has 1 atom stereocenters. The second-order valence-electron chi connectivity index (χ2n) is 19.0. The fraction of sp³-hybridized carbons (Fsp3) is 0.941. The molecular weight excluding hydrogens is 755 g/mol. The van der Waals surface area contributed by atoms with Crippen molar-refractivity contribution in [1.29, 1.82) is 0 Å². The van der Waals surface area contributed by atoms with Crippen LogP contribution in [0.15, 0.2) is 0 Å². The first-order valence-electron chi connectivity index (χ1n) is 25.4. The maximum absolute atomic E-state index is 12.8. The molecule has 0 aliphatic rings. The minimum Gasteiger partial charge on any atom is -0.462 e. The van der Waals surface area contributed by atoms with Gasteiger partial charge in [0, 0.05) is 26.0 Å². The summed E-state index contributed by atoms with van der Waals surface area (Å²) in [5.41, 5.74) is -0.609. The molecule has 356 valence electrons. The summed E-state index contributed by atoms with van der Waals surface area (Å²) in [6, 6.07) is 0. The molecule has 0 spiro atoms. The maximum atomic E-state index is 12.8. The lowest BCUT2D eigenvalue weighted by Gasteiger charge is -2.28. The predicted octanol–water partition coefficient (Wildman–Crippen LogP) is 14.7. The summed E-state index contributed by atoms with van der Waals surface area (Å²) in [7, 11) is 0. The molecule has 0 aliphatic heterocycles. The minimum atomic E-state index is -0.859. The smallest absolute Gasteiger partial charge is 0.407 e. The van der Waals surface area contributed by atoms with Crippen LogP contribution in [0.25, 0.3) is 0 Å². The molecule has 0 aliphatic carbocycles.